The summed E-state index contributed by atoms with van der Waals surface area (Å²) >= 11 is 0. The summed E-state index contributed by atoms with van der Waals surface area (Å²) in [7, 11) is 0. The van der Waals surface area contributed by atoms with Gasteiger partial charge in [0.15, 0.2) is 0 Å². The number of aryl methyl sites for hydroxylation is 1. The van der Waals surface area contributed by atoms with E-state index in [9.17, 15) is 5.11 Å². The summed E-state index contributed by atoms with van der Waals surface area (Å²) in [4.78, 5) is 0. The molecule has 0 aliphatic carbocycles. The van der Waals surface area contributed by atoms with Crippen LogP contribution in [-0.2, 0) is 0 Å². The molecule has 0 saturated heterocycles. The van der Waals surface area contributed by atoms with Crippen molar-refractivity contribution in [1.29, 1.82) is 0 Å². The van der Waals surface area contributed by atoms with Gasteiger partial charge in [0.05, 0.1) is 6.10 Å². The summed E-state index contributed by atoms with van der Waals surface area (Å²) in [5, 5.41) is 9.59. The molecule has 0 amide bonds. The first-order valence-corrected chi connectivity index (χ1v) is 5.60. The zero-order chi connectivity index (χ0) is 11.1. The van der Waals surface area contributed by atoms with Gasteiger partial charge in [-0.15, -0.1) is 0 Å². The second-order valence-corrected chi connectivity index (χ2v) is 3.92. The smallest absolute Gasteiger partial charge is 0.119 e. The average molecular weight is 208 g/mol. The molecular formula is C13H20O2. The number of rotatable bonds is 6. The van der Waals surface area contributed by atoms with Crippen molar-refractivity contribution in [2.24, 2.45) is 0 Å². The van der Waals surface area contributed by atoms with E-state index in [1.54, 1.807) is 0 Å². The molecule has 0 saturated carbocycles. The van der Waals surface area contributed by atoms with Crippen LogP contribution in [0.15, 0.2) is 24.3 Å². The van der Waals surface area contributed by atoms with E-state index in [1.165, 1.54) is 5.56 Å². The fourth-order valence-corrected chi connectivity index (χ4v) is 1.42. The fourth-order valence-electron chi connectivity index (χ4n) is 1.42. The van der Waals surface area contributed by atoms with Gasteiger partial charge in [0.1, 0.15) is 12.4 Å². The molecule has 1 aromatic rings. The molecule has 0 radical (unpaired) electrons. The first-order valence-electron chi connectivity index (χ1n) is 5.60. The summed E-state index contributed by atoms with van der Waals surface area (Å²) in [5.41, 5.74) is 1.18. The Kier molecular flexibility index (Phi) is 5.19. The molecule has 0 bridgehead atoms. The Bertz CT molecular complexity index is 284. The molecule has 0 aliphatic heterocycles. The Balaban J connectivity index is 2.30. The minimum Gasteiger partial charge on any atom is -0.491 e. The van der Waals surface area contributed by atoms with Crippen LogP contribution in [0.2, 0.25) is 0 Å². The third-order valence-corrected chi connectivity index (χ3v) is 2.32. The molecule has 1 aromatic carbocycles. The fraction of sp³-hybridized carbons (Fsp3) is 0.538. The number of benzene rings is 1. The maximum atomic E-state index is 9.59. The lowest BCUT2D eigenvalue weighted by atomic mass is 10.2. The highest BCUT2D eigenvalue weighted by Gasteiger charge is 2.04. The molecule has 0 heterocycles. The molecular weight excluding hydrogens is 188 g/mol. The normalized spacial score (nSPS) is 12.5. The SMILES string of the molecule is CCCC[C@H](O)COc1cccc(C)c1. The zero-order valence-corrected chi connectivity index (χ0v) is 9.57. The van der Waals surface area contributed by atoms with Gasteiger partial charge < -0.3 is 9.84 Å². The molecule has 1 atom stereocenters. The molecule has 15 heavy (non-hydrogen) atoms. The van der Waals surface area contributed by atoms with Crippen molar-refractivity contribution in [3.63, 3.8) is 0 Å². The Morgan fingerprint density at radius 3 is 2.87 bits per heavy atom. The van der Waals surface area contributed by atoms with Gasteiger partial charge in [0.25, 0.3) is 0 Å². The molecule has 1 rings (SSSR count). The van der Waals surface area contributed by atoms with Crippen LogP contribution in [0, 0.1) is 6.92 Å². The Labute approximate surface area is 91.9 Å². The van der Waals surface area contributed by atoms with Gasteiger partial charge in [0.2, 0.25) is 0 Å². The lowest BCUT2D eigenvalue weighted by Crippen LogP contribution is -2.17. The van der Waals surface area contributed by atoms with Crippen molar-refractivity contribution in [3.05, 3.63) is 29.8 Å². The van der Waals surface area contributed by atoms with E-state index in [-0.39, 0.29) is 6.10 Å². The maximum Gasteiger partial charge on any atom is 0.119 e. The van der Waals surface area contributed by atoms with E-state index < -0.39 is 0 Å². The number of hydrogen-bond donors (Lipinski definition) is 1. The first-order chi connectivity index (χ1) is 7.22. The quantitative estimate of drug-likeness (QED) is 0.779. The lowest BCUT2D eigenvalue weighted by Gasteiger charge is -2.12. The first kappa shape index (κ1) is 12.1. The van der Waals surface area contributed by atoms with Gasteiger partial charge in [-0.05, 0) is 31.0 Å². The average Bonchev–Trinajstić information content (AvgIpc) is 2.23. The second-order valence-electron chi connectivity index (χ2n) is 3.92. The molecule has 0 unspecified atom stereocenters. The van der Waals surface area contributed by atoms with E-state index in [2.05, 4.69) is 6.92 Å². The predicted octanol–water partition coefficient (Wildman–Crippen LogP) is 2.92. The number of aliphatic hydroxyl groups is 1. The van der Waals surface area contributed by atoms with Crippen LogP contribution in [0.25, 0.3) is 0 Å². The third kappa shape index (κ3) is 4.84. The highest BCUT2D eigenvalue weighted by atomic mass is 16.5. The highest BCUT2D eigenvalue weighted by molar-refractivity contribution is 5.27. The lowest BCUT2D eigenvalue weighted by molar-refractivity contribution is 0.0980. The Morgan fingerprint density at radius 1 is 1.40 bits per heavy atom. The number of aliphatic hydroxyl groups excluding tert-OH is 1. The molecule has 0 aliphatic rings. The van der Waals surface area contributed by atoms with E-state index in [4.69, 9.17) is 4.74 Å². The number of unbranched alkanes of at least 4 members (excludes halogenated alkanes) is 1. The highest BCUT2D eigenvalue weighted by Crippen LogP contribution is 2.13. The molecule has 2 nitrogen and oxygen atoms in total. The van der Waals surface area contributed by atoms with Crippen LogP contribution < -0.4 is 4.74 Å². The maximum absolute atomic E-state index is 9.59. The van der Waals surface area contributed by atoms with Gasteiger partial charge in [-0.25, -0.2) is 0 Å². The van der Waals surface area contributed by atoms with Crippen molar-refractivity contribution in [2.75, 3.05) is 6.61 Å². The molecule has 0 aromatic heterocycles. The van der Waals surface area contributed by atoms with Crippen LogP contribution in [0.5, 0.6) is 5.75 Å². The van der Waals surface area contributed by atoms with Gasteiger partial charge in [-0.2, -0.15) is 0 Å². The van der Waals surface area contributed by atoms with Gasteiger partial charge in [0, 0.05) is 0 Å². The molecule has 1 N–H and O–H groups in total. The van der Waals surface area contributed by atoms with Crippen molar-refractivity contribution in [1.82, 2.24) is 0 Å². The van der Waals surface area contributed by atoms with Crippen molar-refractivity contribution in [3.8, 4) is 5.75 Å². The Hall–Kier alpha value is -1.02. The van der Waals surface area contributed by atoms with Gasteiger partial charge >= 0.3 is 0 Å². The van der Waals surface area contributed by atoms with E-state index >= 15 is 0 Å². The topological polar surface area (TPSA) is 29.5 Å². The van der Waals surface area contributed by atoms with E-state index in [1.807, 2.05) is 31.2 Å². The summed E-state index contributed by atoms with van der Waals surface area (Å²) in [5.74, 6) is 0.838. The van der Waals surface area contributed by atoms with Gasteiger partial charge in [-0.3, -0.25) is 0 Å². The predicted molar refractivity (Wildman–Crippen MR) is 62.2 cm³/mol. The van der Waals surface area contributed by atoms with Crippen LogP contribution in [0.4, 0.5) is 0 Å². The summed E-state index contributed by atoms with van der Waals surface area (Å²) in [6.07, 6.45) is 2.65. The molecule has 2 heteroatoms. The molecule has 0 fully saturated rings. The van der Waals surface area contributed by atoms with Gasteiger partial charge in [-0.1, -0.05) is 31.9 Å². The standard InChI is InChI=1S/C13H20O2/c1-3-4-7-12(14)10-15-13-8-5-6-11(2)9-13/h5-6,8-9,12,14H,3-4,7,10H2,1-2H3/t12-/m0/s1. The minimum atomic E-state index is -0.342. The number of ether oxygens (including phenoxy) is 1. The largest absolute Gasteiger partial charge is 0.491 e. The van der Waals surface area contributed by atoms with Crippen LogP contribution in [-0.4, -0.2) is 17.8 Å². The van der Waals surface area contributed by atoms with Crippen molar-refractivity contribution >= 4 is 0 Å². The Morgan fingerprint density at radius 2 is 2.20 bits per heavy atom. The van der Waals surface area contributed by atoms with Crippen LogP contribution >= 0.6 is 0 Å². The summed E-state index contributed by atoms with van der Waals surface area (Å²) in [6.45, 7) is 4.54. The van der Waals surface area contributed by atoms with Crippen molar-refractivity contribution < 1.29 is 9.84 Å². The number of hydrogen-bond acceptors (Lipinski definition) is 2. The van der Waals surface area contributed by atoms with Crippen molar-refractivity contribution in [2.45, 2.75) is 39.2 Å². The second kappa shape index (κ2) is 6.46. The van der Waals surface area contributed by atoms with Crippen LogP contribution in [0.3, 0.4) is 0 Å². The summed E-state index contributed by atoms with van der Waals surface area (Å²) < 4.78 is 5.50. The monoisotopic (exact) mass is 208 g/mol. The zero-order valence-electron chi connectivity index (χ0n) is 9.57. The molecule has 0 spiro atoms. The minimum absolute atomic E-state index is 0.342. The third-order valence-electron chi connectivity index (χ3n) is 2.32. The summed E-state index contributed by atoms with van der Waals surface area (Å²) in [6, 6.07) is 7.88. The van der Waals surface area contributed by atoms with E-state index in [0.717, 1.165) is 25.0 Å². The van der Waals surface area contributed by atoms with E-state index in [0.29, 0.717) is 6.61 Å². The van der Waals surface area contributed by atoms with Crippen LogP contribution in [0.1, 0.15) is 31.7 Å². The molecule has 84 valence electrons.